The average molecular weight is 306 g/mol. The number of hydrogen-bond donors (Lipinski definition) is 0. The Morgan fingerprint density at radius 1 is 0.833 bits per heavy atom. The SMILES string of the molecule is CN(C)C=CC[Si](C)(O[Si](C)(C)C)O[Si](C)(C)C. The van der Waals surface area contributed by atoms with Gasteiger partial charge in [0.05, 0.1) is 0 Å². The lowest BCUT2D eigenvalue weighted by Crippen LogP contribution is -2.52. The van der Waals surface area contributed by atoms with Crippen molar-refractivity contribution >= 4 is 25.2 Å². The van der Waals surface area contributed by atoms with Crippen LogP contribution in [0.15, 0.2) is 12.3 Å². The van der Waals surface area contributed by atoms with E-state index in [4.69, 9.17) is 8.23 Å². The Morgan fingerprint density at radius 3 is 1.50 bits per heavy atom. The van der Waals surface area contributed by atoms with Gasteiger partial charge in [0.25, 0.3) is 0 Å². The summed E-state index contributed by atoms with van der Waals surface area (Å²) in [5.41, 5.74) is 0. The molecule has 0 aliphatic carbocycles. The van der Waals surface area contributed by atoms with E-state index in [9.17, 15) is 0 Å². The van der Waals surface area contributed by atoms with E-state index in [0.29, 0.717) is 0 Å². The first-order valence-corrected chi connectivity index (χ1v) is 15.9. The molecule has 0 aromatic heterocycles. The molecule has 0 N–H and O–H groups in total. The predicted molar refractivity (Wildman–Crippen MR) is 88.1 cm³/mol. The van der Waals surface area contributed by atoms with E-state index in [-0.39, 0.29) is 0 Å². The van der Waals surface area contributed by atoms with Crippen LogP contribution in [-0.2, 0) is 8.23 Å². The summed E-state index contributed by atoms with van der Waals surface area (Å²) in [5.74, 6) is 0. The van der Waals surface area contributed by atoms with Crippen molar-refractivity contribution in [3.8, 4) is 0 Å². The fraction of sp³-hybridized carbons (Fsp3) is 0.833. The Balaban J connectivity index is 4.81. The standard InChI is InChI=1S/C12H31NO2Si3/c1-13(2)11-10-12-18(9,14-16(3,4)5)15-17(6,7)8/h10-11H,12H2,1-9H3. The van der Waals surface area contributed by atoms with Crippen LogP contribution >= 0.6 is 0 Å². The van der Waals surface area contributed by atoms with Gasteiger partial charge in [-0.2, -0.15) is 0 Å². The zero-order valence-electron chi connectivity index (χ0n) is 13.6. The van der Waals surface area contributed by atoms with Gasteiger partial charge in [0.15, 0.2) is 16.6 Å². The molecule has 0 fully saturated rings. The van der Waals surface area contributed by atoms with Crippen LogP contribution in [0, 0.1) is 0 Å². The fourth-order valence-electron chi connectivity index (χ4n) is 1.88. The minimum Gasteiger partial charge on any atom is -0.436 e. The van der Waals surface area contributed by atoms with Crippen LogP contribution in [0.25, 0.3) is 0 Å². The summed E-state index contributed by atoms with van der Waals surface area (Å²) in [6.07, 6.45) is 4.28. The first-order chi connectivity index (χ1) is 7.83. The molecule has 108 valence electrons. The topological polar surface area (TPSA) is 21.7 Å². The van der Waals surface area contributed by atoms with Crippen LogP contribution in [0.4, 0.5) is 0 Å². The summed E-state index contributed by atoms with van der Waals surface area (Å²) in [7, 11) is -1.12. The third-order valence-electron chi connectivity index (χ3n) is 1.94. The second kappa shape index (κ2) is 6.51. The largest absolute Gasteiger partial charge is 0.436 e. The lowest BCUT2D eigenvalue weighted by atomic mass is 10.6. The molecule has 0 aliphatic rings. The summed E-state index contributed by atoms with van der Waals surface area (Å²) in [6, 6.07) is 0.930. The lowest BCUT2D eigenvalue weighted by Gasteiger charge is -2.38. The van der Waals surface area contributed by atoms with Crippen LogP contribution in [0.1, 0.15) is 0 Å². The highest BCUT2D eigenvalue weighted by Crippen LogP contribution is 2.24. The normalized spacial score (nSPS) is 14.3. The molecular weight excluding hydrogens is 274 g/mol. The molecule has 0 spiro atoms. The Kier molecular flexibility index (Phi) is 6.55. The van der Waals surface area contributed by atoms with Gasteiger partial charge >= 0.3 is 8.56 Å². The molecule has 0 radical (unpaired) electrons. The highest BCUT2D eigenvalue weighted by atomic mass is 28.5. The second-order valence-corrected chi connectivity index (χ2v) is 19.9. The van der Waals surface area contributed by atoms with Crippen molar-refractivity contribution in [3.05, 3.63) is 12.3 Å². The molecule has 0 atom stereocenters. The lowest BCUT2D eigenvalue weighted by molar-refractivity contribution is 0.389. The minimum absolute atomic E-state index is 0.930. The van der Waals surface area contributed by atoms with Gasteiger partial charge in [0.1, 0.15) is 0 Å². The molecule has 3 nitrogen and oxygen atoms in total. The Bertz CT molecular complexity index is 264. The van der Waals surface area contributed by atoms with Crippen molar-refractivity contribution < 1.29 is 8.23 Å². The van der Waals surface area contributed by atoms with Crippen LogP contribution < -0.4 is 0 Å². The molecule has 0 amide bonds. The zero-order chi connectivity index (χ0) is 14.6. The van der Waals surface area contributed by atoms with Crippen LogP contribution in [0.2, 0.25) is 51.9 Å². The van der Waals surface area contributed by atoms with E-state index < -0.39 is 25.2 Å². The van der Waals surface area contributed by atoms with Gasteiger partial charge in [-0.1, -0.05) is 6.08 Å². The highest BCUT2D eigenvalue weighted by Gasteiger charge is 2.39. The smallest absolute Gasteiger partial charge is 0.318 e. The van der Waals surface area contributed by atoms with Crippen LogP contribution in [-0.4, -0.2) is 44.2 Å². The maximum atomic E-state index is 6.40. The molecule has 6 heteroatoms. The molecule has 0 saturated heterocycles. The first kappa shape index (κ1) is 18.1. The van der Waals surface area contributed by atoms with Gasteiger partial charge < -0.3 is 13.1 Å². The molecular formula is C12H31NO2Si3. The minimum atomic E-state index is -2.08. The van der Waals surface area contributed by atoms with Gasteiger partial charge in [-0.25, -0.2) is 0 Å². The number of hydrogen-bond acceptors (Lipinski definition) is 3. The average Bonchev–Trinajstić information content (AvgIpc) is 1.93. The monoisotopic (exact) mass is 305 g/mol. The van der Waals surface area contributed by atoms with E-state index in [0.717, 1.165) is 6.04 Å². The Morgan fingerprint density at radius 2 is 1.22 bits per heavy atom. The maximum absolute atomic E-state index is 6.40. The van der Waals surface area contributed by atoms with Gasteiger partial charge in [0, 0.05) is 20.1 Å². The molecule has 0 aromatic carbocycles. The molecule has 0 aliphatic heterocycles. The van der Waals surface area contributed by atoms with Crippen molar-refractivity contribution in [2.45, 2.75) is 51.9 Å². The maximum Gasteiger partial charge on any atom is 0.318 e. The summed E-state index contributed by atoms with van der Waals surface area (Å²) in [5, 5.41) is 0. The van der Waals surface area contributed by atoms with Crippen molar-refractivity contribution in [2.24, 2.45) is 0 Å². The third kappa shape index (κ3) is 10.1. The quantitative estimate of drug-likeness (QED) is 0.667. The summed E-state index contributed by atoms with van der Waals surface area (Å²) < 4.78 is 12.8. The van der Waals surface area contributed by atoms with Gasteiger partial charge in [0.2, 0.25) is 0 Å². The Hall–Kier alpha value is 0.111. The molecule has 0 bridgehead atoms. The molecule has 0 aromatic rings. The molecule has 0 rings (SSSR count). The third-order valence-corrected chi connectivity index (χ3v) is 11.3. The zero-order valence-corrected chi connectivity index (χ0v) is 16.6. The van der Waals surface area contributed by atoms with Crippen molar-refractivity contribution in [3.63, 3.8) is 0 Å². The van der Waals surface area contributed by atoms with E-state index in [1.165, 1.54) is 0 Å². The van der Waals surface area contributed by atoms with E-state index in [1.54, 1.807) is 0 Å². The number of rotatable bonds is 7. The van der Waals surface area contributed by atoms with Crippen LogP contribution in [0.5, 0.6) is 0 Å². The van der Waals surface area contributed by atoms with E-state index in [1.807, 2.05) is 14.1 Å². The summed E-state index contributed by atoms with van der Waals surface area (Å²) >= 11 is 0. The fourth-order valence-corrected chi connectivity index (χ4v) is 14.0. The second-order valence-electron chi connectivity index (χ2n) is 7.12. The molecule has 0 saturated carbocycles. The summed E-state index contributed by atoms with van der Waals surface area (Å²) in [4.78, 5) is 2.05. The molecule has 0 heterocycles. The summed E-state index contributed by atoms with van der Waals surface area (Å²) in [6.45, 7) is 15.6. The van der Waals surface area contributed by atoms with Crippen LogP contribution in [0.3, 0.4) is 0 Å². The van der Waals surface area contributed by atoms with Gasteiger partial charge in [-0.05, 0) is 52.0 Å². The van der Waals surface area contributed by atoms with E-state index in [2.05, 4.69) is 63.0 Å². The van der Waals surface area contributed by atoms with E-state index >= 15 is 0 Å². The Labute approximate surface area is 117 Å². The number of nitrogens with zero attached hydrogens (tertiary/aromatic N) is 1. The predicted octanol–water partition coefficient (Wildman–Crippen LogP) is 3.84. The molecule has 18 heavy (non-hydrogen) atoms. The number of allylic oxidation sites excluding steroid dienone is 1. The van der Waals surface area contributed by atoms with Gasteiger partial charge in [-0.15, -0.1) is 0 Å². The first-order valence-electron chi connectivity index (χ1n) is 6.56. The van der Waals surface area contributed by atoms with Crippen molar-refractivity contribution in [1.82, 2.24) is 4.90 Å². The molecule has 0 unspecified atom stereocenters. The van der Waals surface area contributed by atoms with Gasteiger partial charge in [-0.3, -0.25) is 0 Å². The van der Waals surface area contributed by atoms with Crippen molar-refractivity contribution in [2.75, 3.05) is 14.1 Å². The van der Waals surface area contributed by atoms with Crippen molar-refractivity contribution in [1.29, 1.82) is 0 Å². The highest BCUT2D eigenvalue weighted by molar-refractivity contribution is 6.87.